The van der Waals surface area contributed by atoms with E-state index in [0.29, 0.717) is 5.56 Å². The molecule has 0 aliphatic heterocycles. The van der Waals surface area contributed by atoms with Crippen LogP contribution in [-0.2, 0) is 10.9 Å². The number of carbonyl (C=O) groups is 2. The second kappa shape index (κ2) is 7.16. The van der Waals surface area contributed by atoms with E-state index in [2.05, 4.69) is 10.1 Å². The molecule has 1 N–H and O–H groups in total. The van der Waals surface area contributed by atoms with Crippen LogP contribution in [0.5, 0.6) is 0 Å². The predicted octanol–water partition coefficient (Wildman–Crippen LogP) is 4.13. The van der Waals surface area contributed by atoms with Gasteiger partial charge in [0.2, 0.25) is 0 Å². The second-order valence-corrected chi connectivity index (χ2v) is 4.80. The summed E-state index contributed by atoms with van der Waals surface area (Å²) in [5.41, 5.74) is -1.34. The summed E-state index contributed by atoms with van der Waals surface area (Å²) in [5.74, 6) is -1.59. The van der Waals surface area contributed by atoms with Crippen LogP contribution in [-0.4, -0.2) is 18.5 Å². The summed E-state index contributed by atoms with van der Waals surface area (Å²) < 4.78 is 43.7. The molecule has 2 rings (SSSR count). The van der Waals surface area contributed by atoms with E-state index in [1.165, 1.54) is 6.92 Å². The van der Waals surface area contributed by atoms with Crippen molar-refractivity contribution < 1.29 is 27.5 Å². The highest BCUT2D eigenvalue weighted by Gasteiger charge is 2.35. The molecule has 0 bridgehead atoms. The molecule has 2 aromatic carbocycles. The van der Waals surface area contributed by atoms with Gasteiger partial charge in [-0.3, -0.25) is 4.79 Å². The molecule has 0 spiro atoms. The minimum atomic E-state index is -4.70. The standard InChI is InChI=1S/C17H14F3NO3/c1-2-24-16(23)13-10-12(8-9-14(13)17(18,19)20)21-15(22)11-6-4-3-5-7-11/h3-10H,2H2,1H3,(H,21,22). The Bertz CT molecular complexity index is 742. The minimum absolute atomic E-state index is 0.0588. The van der Waals surface area contributed by atoms with Gasteiger partial charge in [0.05, 0.1) is 17.7 Å². The summed E-state index contributed by atoms with van der Waals surface area (Å²) in [6, 6.07) is 11.0. The highest BCUT2D eigenvalue weighted by atomic mass is 19.4. The summed E-state index contributed by atoms with van der Waals surface area (Å²) in [4.78, 5) is 23.8. The first-order valence-corrected chi connectivity index (χ1v) is 7.07. The van der Waals surface area contributed by atoms with Crippen molar-refractivity contribution in [3.05, 3.63) is 65.2 Å². The van der Waals surface area contributed by atoms with E-state index in [1.807, 2.05) is 0 Å². The molecule has 0 fully saturated rings. The molecule has 0 radical (unpaired) electrons. The van der Waals surface area contributed by atoms with Crippen LogP contribution < -0.4 is 5.32 Å². The van der Waals surface area contributed by atoms with Gasteiger partial charge in [-0.2, -0.15) is 13.2 Å². The molecule has 0 unspecified atom stereocenters. The Labute approximate surface area is 136 Å². The van der Waals surface area contributed by atoms with Gasteiger partial charge in [0.1, 0.15) is 0 Å². The number of benzene rings is 2. The Morgan fingerprint density at radius 2 is 1.75 bits per heavy atom. The number of esters is 1. The predicted molar refractivity (Wildman–Crippen MR) is 81.8 cm³/mol. The number of halogens is 3. The second-order valence-electron chi connectivity index (χ2n) is 4.80. The molecule has 7 heteroatoms. The van der Waals surface area contributed by atoms with Crippen LogP contribution in [0.25, 0.3) is 0 Å². The van der Waals surface area contributed by atoms with Gasteiger partial charge in [0, 0.05) is 11.3 Å². The Morgan fingerprint density at radius 1 is 1.08 bits per heavy atom. The Kier molecular flexibility index (Phi) is 5.23. The number of rotatable bonds is 4. The number of hydrogen-bond donors (Lipinski definition) is 1. The lowest BCUT2D eigenvalue weighted by molar-refractivity contribution is -0.138. The zero-order valence-corrected chi connectivity index (χ0v) is 12.7. The SMILES string of the molecule is CCOC(=O)c1cc(NC(=O)c2ccccc2)ccc1C(F)(F)F. The van der Waals surface area contributed by atoms with E-state index in [4.69, 9.17) is 0 Å². The van der Waals surface area contributed by atoms with Crippen molar-refractivity contribution in [2.75, 3.05) is 11.9 Å². The maximum absolute atomic E-state index is 13.0. The fraction of sp³-hybridized carbons (Fsp3) is 0.176. The van der Waals surface area contributed by atoms with Crippen molar-refractivity contribution in [3.63, 3.8) is 0 Å². The Balaban J connectivity index is 2.34. The van der Waals surface area contributed by atoms with Crippen molar-refractivity contribution in [1.29, 1.82) is 0 Å². The van der Waals surface area contributed by atoms with Crippen LogP contribution in [0.15, 0.2) is 48.5 Å². The van der Waals surface area contributed by atoms with Crippen LogP contribution >= 0.6 is 0 Å². The zero-order valence-electron chi connectivity index (χ0n) is 12.7. The lowest BCUT2D eigenvalue weighted by Crippen LogP contribution is -2.17. The topological polar surface area (TPSA) is 55.4 Å². The first-order chi connectivity index (χ1) is 11.3. The number of alkyl halides is 3. The van der Waals surface area contributed by atoms with Crippen molar-refractivity contribution in [2.45, 2.75) is 13.1 Å². The third kappa shape index (κ3) is 4.13. The normalized spacial score (nSPS) is 11.0. The van der Waals surface area contributed by atoms with E-state index in [1.54, 1.807) is 30.3 Å². The number of nitrogens with one attached hydrogen (secondary N) is 1. The third-order valence-corrected chi connectivity index (χ3v) is 3.11. The average molecular weight is 337 g/mol. The lowest BCUT2D eigenvalue weighted by Gasteiger charge is -2.14. The van der Waals surface area contributed by atoms with Crippen molar-refractivity contribution in [1.82, 2.24) is 0 Å². The molecule has 24 heavy (non-hydrogen) atoms. The molecule has 0 heterocycles. The third-order valence-electron chi connectivity index (χ3n) is 3.11. The van der Waals surface area contributed by atoms with Crippen molar-refractivity contribution in [3.8, 4) is 0 Å². The Hall–Kier alpha value is -2.83. The number of carbonyl (C=O) groups excluding carboxylic acids is 2. The highest BCUT2D eigenvalue weighted by molar-refractivity contribution is 6.05. The quantitative estimate of drug-likeness (QED) is 0.853. The maximum Gasteiger partial charge on any atom is 0.417 e. The summed E-state index contributed by atoms with van der Waals surface area (Å²) in [6.07, 6.45) is -4.70. The number of anilines is 1. The van der Waals surface area contributed by atoms with Crippen molar-refractivity contribution in [2.24, 2.45) is 0 Å². The molecular formula is C17H14F3NO3. The zero-order chi connectivity index (χ0) is 17.7. The van der Waals surface area contributed by atoms with E-state index in [9.17, 15) is 22.8 Å². The van der Waals surface area contributed by atoms with Gasteiger partial charge in [-0.05, 0) is 37.3 Å². The highest BCUT2D eigenvalue weighted by Crippen LogP contribution is 2.33. The molecule has 0 atom stereocenters. The van der Waals surface area contributed by atoms with E-state index in [0.717, 1.165) is 18.2 Å². The summed E-state index contributed by atoms with van der Waals surface area (Å²) in [7, 11) is 0. The largest absolute Gasteiger partial charge is 0.462 e. The summed E-state index contributed by atoms with van der Waals surface area (Å²) >= 11 is 0. The first kappa shape index (κ1) is 17.5. The van der Waals surface area contributed by atoms with Gasteiger partial charge in [-0.1, -0.05) is 18.2 Å². The number of ether oxygens (including phenoxy) is 1. The molecule has 1 amide bonds. The van der Waals surface area contributed by atoms with Gasteiger partial charge in [0.25, 0.3) is 5.91 Å². The summed E-state index contributed by atoms with van der Waals surface area (Å²) in [6.45, 7) is 1.43. The molecular weight excluding hydrogens is 323 g/mol. The van der Waals surface area contributed by atoms with Crippen LogP contribution in [0, 0.1) is 0 Å². The van der Waals surface area contributed by atoms with E-state index in [-0.39, 0.29) is 12.3 Å². The fourth-order valence-corrected chi connectivity index (χ4v) is 2.04. The first-order valence-electron chi connectivity index (χ1n) is 7.07. The summed E-state index contributed by atoms with van der Waals surface area (Å²) in [5, 5.41) is 2.46. The molecule has 0 aromatic heterocycles. The van der Waals surface area contributed by atoms with Gasteiger partial charge < -0.3 is 10.1 Å². The maximum atomic E-state index is 13.0. The molecule has 2 aromatic rings. The monoisotopic (exact) mass is 337 g/mol. The Morgan fingerprint density at radius 3 is 2.33 bits per heavy atom. The van der Waals surface area contributed by atoms with Crippen LogP contribution in [0.2, 0.25) is 0 Å². The van der Waals surface area contributed by atoms with Gasteiger partial charge in [-0.15, -0.1) is 0 Å². The average Bonchev–Trinajstić information content (AvgIpc) is 2.54. The molecule has 0 saturated heterocycles. The molecule has 4 nitrogen and oxygen atoms in total. The van der Waals surface area contributed by atoms with Crippen LogP contribution in [0.4, 0.5) is 18.9 Å². The lowest BCUT2D eigenvalue weighted by atomic mass is 10.1. The van der Waals surface area contributed by atoms with E-state index < -0.39 is 29.2 Å². The van der Waals surface area contributed by atoms with Crippen LogP contribution in [0.3, 0.4) is 0 Å². The van der Waals surface area contributed by atoms with E-state index >= 15 is 0 Å². The number of hydrogen-bond acceptors (Lipinski definition) is 3. The molecule has 126 valence electrons. The van der Waals surface area contributed by atoms with Crippen LogP contribution in [0.1, 0.15) is 33.2 Å². The minimum Gasteiger partial charge on any atom is -0.462 e. The van der Waals surface area contributed by atoms with Crippen molar-refractivity contribution >= 4 is 17.6 Å². The number of amides is 1. The fourth-order valence-electron chi connectivity index (χ4n) is 2.04. The van der Waals surface area contributed by atoms with Gasteiger partial charge >= 0.3 is 12.1 Å². The van der Waals surface area contributed by atoms with Gasteiger partial charge in [0.15, 0.2) is 0 Å². The smallest absolute Gasteiger partial charge is 0.417 e. The molecule has 0 aliphatic carbocycles. The molecule has 0 saturated carbocycles. The molecule has 0 aliphatic rings. The van der Waals surface area contributed by atoms with Gasteiger partial charge in [-0.25, -0.2) is 4.79 Å².